The van der Waals surface area contributed by atoms with Crippen molar-refractivity contribution in [3.63, 3.8) is 0 Å². The molecule has 0 aliphatic heterocycles. The molecular weight excluding hydrogens is 412 g/mol. The average Bonchev–Trinajstić information content (AvgIpc) is 2.85. The second kappa shape index (κ2) is 13.4. The zero-order valence-corrected chi connectivity index (χ0v) is 21.7. The van der Waals surface area contributed by atoms with Gasteiger partial charge in [0.1, 0.15) is 5.75 Å². The Morgan fingerprint density at radius 3 is 1.82 bits per heavy atom. The molecule has 0 aliphatic rings. The maximum absolute atomic E-state index is 11.0. The molecule has 182 valence electrons. The normalized spacial score (nSPS) is 11.6. The highest BCUT2D eigenvalue weighted by Gasteiger charge is 2.29. The molecule has 3 rings (SSSR count). The van der Waals surface area contributed by atoms with Gasteiger partial charge in [0, 0.05) is 11.0 Å². The van der Waals surface area contributed by atoms with Crippen LogP contribution in [0.2, 0.25) is 0 Å². The molecule has 1 N–H and O–H groups in total. The summed E-state index contributed by atoms with van der Waals surface area (Å²) in [5.74, 6) is 0.375. The summed E-state index contributed by atoms with van der Waals surface area (Å²) in [6, 6.07) is 25.3. The second-order valence-electron chi connectivity index (χ2n) is 10.3. The first-order chi connectivity index (χ1) is 16.6. The summed E-state index contributed by atoms with van der Waals surface area (Å²) < 4.78 is 0. The van der Waals surface area contributed by atoms with Crippen molar-refractivity contribution in [1.82, 2.24) is 0 Å². The van der Waals surface area contributed by atoms with Crippen molar-refractivity contribution in [3.8, 4) is 16.9 Å². The molecule has 1 nitrogen and oxygen atoms in total. The van der Waals surface area contributed by atoms with Crippen molar-refractivity contribution in [2.45, 2.75) is 96.8 Å². The molecule has 3 aromatic rings. The first kappa shape index (κ1) is 26.1. The quantitative estimate of drug-likeness (QED) is 0.239. The highest BCUT2D eigenvalue weighted by Crippen LogP contribution is 2.43. The molecule has 3 aromatic carbocycles. The largest absolute Gasteiger partial charge is 0.508 e. The van der Waals surface area contributed by atoms with E-state index in [2.05, 4.69) is 75.4 Å². The summed E-state index contributed by atoms with van der Waals surface area (Å²) in [6.07, 6.45) is 14.7. The van der Waals surface area contributed by atoms with Crippen LogP contribution in [0.4, 0.5) is 0 Å². The molecule has 0 atom stereocenters. The number of phenols is 1. The number of hydrogen-bond acceptors (Lipinski definition) is 1. The standard InChI is InChI=1S/C33H44O/c1-4-5-6-7-8-9-10-11-12-14-20-27-21-17-18-24-29(27)30-25-19-26-31(34)32(30)33(2,3)28-22-15-13-16-23-28/h13,15-19,21-26,34H,4-12,14,20H2,1-3H3. The molecule has 0 heterocycles. The van der Waals surface area contributed by atoms with Crippen molar-refractivity contribution in [2.24, 2.45) is 0 Å². The zero-order valence-electron chi connectivity index (χ0n) is 21.7. The van der Waals surface area contributed by atoms with Crippen LogP contribution in [-0.4, -0.2) is 5.11 Å². The van der Waals surface area contributed by atoms with E-state index in [0.717, 1.165) is 17.5 Å². The summed E-state index contributed by atoms with van der Waals surface area (Å²) in [4.78, 5) is 0. The number of hydrogen-bond donors (Lipinski definition) is 1. The van der Waals surface area contributed by atoms with Crippen molar-refractivity contribution in [1.29, 1.82) is 0 Å². The van der Waals surface area contributed by atoms with Crippen molar-refractivity contribution < 1.29 is 5.11 Å². The van der Waals surface area contributed by atoms with E-state index in [-0.39, 0.29) is 5.41 Å². The Hall–Kier alpha value is -2.54. The van der Waals surface area contributed by atoms with Crippen molar-refractivity contribution in [3.05, 3.63) is 89.5 Å². The number of aryl methyl sites for hydroxylation is 1. The number of aromatic hydroxyl groups is 1. The molecule has 1 heteroatoms. The predicted octanol–water partition coefficient (Wildman–Crippen LogP) is 9.85. The smallest absolute Gasteiger partial charge is 0.120 e. The summed E-state index contributed by atoms with van der Waals surface area (Å²) in [5.41, 5.74) is 5.72. The van der Waals surface area contributed by atoms with E-state index in [1.165, 1.54) is 80.9 Å². The maximum Gasteiger partial charge on any atom is 0.120 e. The highest BCUT2D eigenvalue weighted by atomic mass is 16.3. The molecule has 0 unspecified atom stereocenters. The SMILES string of the molecule is CCCCCCCCCCCCc1ccccc1-c1cccc(O)c1C(C)(C)c1ccccc1. The van der Waals surface area contributed by atoms with Gasteiger partial charge in [-0.25, -0.2) is 0 Å². The monoisotopic (exact) mass is 456 g/mol. The second-order valence-corrected chi connectivity index (χ2v) is 10.3. The minimum Gasteiger partial charge on any atom is -0.508 e. The molecular formula is C33H44O. The van der Waals surface area contributed by atoms with Crippen LogP contribution >= 0.6 is 0 Å². The molecule has 0 bridgehead atoms. The van der Waals surface area contributed by atoms with E-state index < -0.39 is 0 Å². The number of unbranched alkanes of at least 4 members (excludes halogenated alkanes) is 9. The average molecular weight is 457 g/mol. The third-order valence-electron chi connectivity index (χ3n) is 7.27. The van der Waals surface area contributed by atoms with Gasteiger partial charge >= 0.3 is 0 Å². The minimum absolute atomic E-state index is 0.299. The predicted molar refractivity (Wildman–Crippen MR) is 148 cm³/mol. The van der Waals surface area contributed by atoms with E-state index in [0.29, 0.717) is 5.75 Å². The van der Waals surface area contributed by atoms with Crippen LogP contribution < -0.4 is 0 Å². The first-order valence-electron chi connectivity index (χ1n) is 13.5. The molecule has 0 saturated heterocycles. The van der Waals surface area contributed by atoms with Gasteiger partial charge in [0.15, 0.2) is 0 Å². The van der Waals surface area contributed by atoms with E-state index >= 15 is 0 Å². The lowest BCUT2D eigenvalue weighted by atomic mass is 9.74. The third-order valence-corrected chi connectivity index (χ3v) is 7.27. The fraction of sp³-hybridized carbons (Fsp3) is 0.455. The Bertz CT molecular complexity index is 986. The molecule has 0 saturated carbocycles. The molecule has 0 fully saturated rings. The van der Waals surface area contributed by atoms with Gasteiger partial charge in [-0.15, -0.1) is 0 Å². The lowest BCUT2D eigenvalue weighted by Crippen LogP contribution is -2.20. The molecule has 0 radical (unpaired) electrons. The van der Waals surface area contributed by atoms with Gasteiger partial charge in [-0.2, -0.15) is 0 Å². The molecule has 34 heavy (non-hydrogen) atoms. The van der Waals surface area contributed by atoms with Gasteiger partial charge in [0.2, 0.25) is 0 Å². The minimum atomic E-state index is -0.299. The van der Waals surface area contributed by atoms with Crippen LogP contribution in [0, 0.1) is 0 Å². The van der Waals surface area contributed by atoms with Crippen LogP contribution in [0.15, 0.2) is 72.8 Å². The molecule has 0 aliphatic carbocycles. The van der Waals surface area contributed by atoms with E-state index in [9.17, 15) is 5.11 Å². The topological polar surface area (TPSA) is 20.2 Å². The fourth-order valence-electron chi connectivity index (χ4n) is 5.22. The van der Waals surface area contributed by atoms with E-state index in [1.54, 1.807) is 0 Å². The van der Waals surface area contributed by atoms with Crippen molar-refractivity contribution >= 4 is 0 Å². The van der Waals surface area contributed by atoms with Gasteiger partial charge < -0.3 is 5.11 Å². The molecule has 0 amide bonds. The lowest BCUT2D eigenvalue weighted by molar-refractivity contribution is 0.454. The third kappa shape index (κ3) is 6.98. The zero-order chi connectivity index (χ0) is 24.2. The summed E-state index contributed by atoms with van der Waals surface area (Å²) in [6.45, 7) is 6.71. The molecule has 0 spiro atoms. The van der Waals surface area contributed by atoms with Crippen LogP contribution in [0.5, 0.6) is 5.75 Å². The van der Waals surface area contributed by atoms with Gasteiger partial charge in [0.25, 0.3) is 0 Å². The Labute approximate surface area is 208 Å². The Kier molecular flexibility index (Phi) is 10.3. The molecule has 0 aromatic heterocycles. The van der Waals surface area contributed by atoms with Crippen LogP contribution in [0.1, 0.15) is 102 Å². The van der Waals surface area contributed by atoms with Gasteiger partial charge in [-0.05, 0) is 41.2 Å². The summed E-state index contributed by atoms with van der Waals surface area (Å²) >= 11 is 0. The lowest BCUT2D eigenvalue weighted by Gasteiger charge is -2.30. The Balaban J connectivity index is 1.69. The van der Waals surface area contributed by atoms with Crippen LogP contribution in [0.25, 0.3) is 11.1 Å². The summed E-state index contributed by atoms with van der Waals surface area (Å²) in [7, 11) is 0. The van der Waals surface area contributed by atoms with E-state index in [4.69, 9.17) is 0 Å². The Morgan fingerprint density at radius 2 is 1.15 bits per heavy atom. The fourth-order valence-corrected chi connectivity index (χ4v) is 5.22. The number of rotatable bonds is 14. The van der Waals surface area contributed by atoms with E-state index in [1.807, 2.05) is 18.2 Å². The summed E-state index contributed by atoms with van der Waals surface area (Å²) in [5, 5.41) is 11.0. The highest BCUT2D eigenvalue weighted by molar-refractivity contribution is 5.75. The van der Waals surface area contributed by atoms with Gasteiger partial charge in [-0.1, -0.05) is 145 Å². The number of phenolic OH excluding ortho intramolecular Hbond substituents is 1. The van der Waals surface area contributed by atoms with Crippen LogP contribution in [-0.2, 0) is 11.8 Å². The van der Waals surface area contributed by atoms with Crippen LogP contribution in [0.3, 0.4) is 0 Å². The first-order valence-corrected chi connectivity index (χ1v) is 13.5. The van der Waals surface area contributed by atoms with Gasteiger partial charge in [-0.3, -0.25) is 0 Å². The Morgan fingerprint density at radius 1 is 0.588 bits per heavy atom. The van der Waals surface area contributed by atoms with Gasteiger partial charge in [0.05, 0.1) is 0 Å². The number of benzene rings is 3. The maximum atomic E-state index is 11.0. The van der Waals surface area contributed by atoms with Crippen molar-refractivity contribution in [2.75, 3.05) is 0 Å².